The van der Waals surface area contributed by atoms with Crippen LogP contribution in [0.25, 0.3) is 11.2 Å². The van der Waals surface area contributed by atoms with Crippen LogP contribution in [0.4, 0.5) is 0 Å². The van der Waals surface area contributed by atoms with Gasteiger partial charge in [0.2, 0.25) is 0 Å². The van der Waals surface area contributed by atoms with Crippen LogP contribution in [0.2, 0.25) is 0 Å². The van der Waals surface area contributed by atoms with Crippen molar-refractivity contribution in [3.05, 3.63) is 27.8 Å². The molecule has 1 aliphatic rings. The molecule has 0 aliphatic heterocycles. The van der Waals surface area contributed by atoms with Crippen LogP contribution >= 0.6 is 23.1 Å². The maximum atomic E-state index is 12.6. The van der Waals surface area contributed by atoms with Crippen LogP contribution in [0.15, 0.2) is 25.9 Å². The van der Waals surface area contributed by atoms with Gasteiger partial charge in [-0.05, 0) is 31.0 Å². The van der Waals surface area contributed by atoms with Gasteiger partial charge in [-0.25, -0.2) is 9.97 Å². The Bertz CT molecular complexity index is 909. The summed E-state index contributed by atoms with van der Waals surface area (Å²) in [5.74, 6) is 1.39. The molecule has 6 nitrogen and oxygen atoms in total. The zero-order chi connectivity index (χ0) is 17.2. The molecule has 0 unspecified atom stereocenters. The molecule has 1 fully saturated rings. The summed E-state index contributed by atoms with van der Waals surface area (Å²) in [6.07, 6.45) is 8.80. The Morgan fingerprint density at radius 3 is 2.88 bits per heavy atom. The summed E-state index contributed by atoms with van der Waals surface area (Å²) in [7, 11) is 0. The van der Waals surface area contributed by atoms with E-state index in [1.807, 2.05) is 5.38 Å². The van der Waals surface area contributed by atoms with Crippen molar-refractivity contribution in [3.63, 3.8) is 0 Å². The van der Waals surface area contributed by atoms with Gasteiger partial charge >= 0.3 is 0 Å². The van der Waals surface area contributed by atoms with Gasteiger partial charge in [0.1, 0.15) is 5.82 Å². The maximum absolute atomic E-state index is 12.6. The second-order valence-corrected chi connectivity index (χ2v) is 8.52. The highest BCUT2D eigenvalue weighted by atomic mass is 32.2. The Kier molecular flexibility index (Phi) is 4.89. The molecule has 3 heterocycles. The van der Waals surface area contributed by atoms with Crippen molar-refractivity contribution in [3.8, 4) is 0 Å². The summed E-state index contributed by atoms with van der Waals surface area (Å²) < 4.78 is 2.95. The van der Waals surface area contributed by atoms with Gasteiger partial charge in [-0.3, -0.25) is 4.79 Å². The lowest BCUT2D eigenvalue weighted by Gasteiger charge is -2.18. The Hall–Kier alpha value is -1.67. The smallest absolute Gasteiger partial charge is 0.299 e. The standard InChI is InChI=1S/C17H21N5OS2/c1-2-9-22-14-12(19-13(20-14)11-6-4-3-5-7-11)15(23)21-16(22)25-17-18-8-10-24-17/h8,10-11H,2-7,9H2,1H3,(H,19,20). The van der Waals surface area contributed by atoms with Crippen LogP contribution in [0, 0.1) is 0 Å². The maximum Gasteiger partial charge on any atom is 0.299 e. The van der Waals surface area contributed by atoms with Crippen molar-refractivity contribution in [2.45, 2.75) is 67.4 Å². The minimum Gasteiger partial charge on any atom is -0.336 e. The number of aromatic nitrogens is 5. The molecule has 0 spiro atoms. The lowest BCUT2D eigenvalue weighted by Crippen LogP contribution is -2.16. The first kappa shape index (κ1) is 16.8. The fourth-order valence-corrected chi connectivity index (χ4v) is 5.06. The van der Waals surface area contributed by atoms with Crippen LogP contribution in [0.5, 0.6) is 0 Å². The number of aryl methyl sites for hydroxylation is 1. The zero-order valence-electron chi connectivity index (χ0n) is 14.2. The first-order chi connectivity index (χ1) is 12.3. The SMILES string of the molecule is CCCn1c(Sc2nccs2)nc(=O)c2[nH]c(C3CCCCC3)nc21. The molecule has 132 valence electrons. The number of fused-ring (bicyclic) bond motifs is 1. The quantitative estimate of drug-likeness (QED) is 0.677. The van der Waals surface area contributed by atoms with Gasteiger partial charge in [-0.1, -0.05) is 26.2 Å². The fraction of sp³-hybridized carbons (Fsp3) is 0.529. The van der Waals surface area contributed by atoms with E-state index in [2.05, 4.69) is 26.4 Å². The Balaban J connectivity index is 1.80. The molecule has 0 saturated heterocycles. The molecule has 1 saturated carbocycles. The number of thiazole rings is 1. The molecule has 0 radical (unpaired) electrons. The highest BCUT2D eigenvalue weighted by Gasteiger charge is 2.22. The Morgan fingerprint density at radius 1 is 1.32 bits per heavy atom. The first-order valence-electron chi connectivity index (χ1n) is 8.84. The zero-order valence-corrected chi connectivity index (χ0v) is 15.8. The molecule has 1 aliphatic carbocycles. The molecular formula is C17H21N5OS2. The second-order valence-electron chi connectivity index (χ2n) is 6.41. The molecule has 0 atom stereocenters. The van der Waals surface area contributed by atoms with Gasteiger partial charge in [0, 0.05) is 24.0 Å². The van der Waals surface area contributed by atoms with E-state index in [0.29, 0.717) is 16.6 Å². The molecule has 0 aromatic carbocycles. The van der Waals surface area contributed by atoms with Gasteiger partial charge < -0.3 is 9.55 Å². The Labute approximate surface area is 154 Å². The number of hydrogen-bond acceptors (Lipinski definition) is 6. The van der Waals surface area contributed by atoms with Crippen LogP contribution < -0.4 is 5.56 Å². The monoisotopic (exact) mass is 375 g/mol. The largest absolute Gasteiger partial charge is 0.336 e. The molecule has 1 N–H and O–H groups in total. The van der Waals surface area contributed by atoms with E-state index in [0.717, 1.165) is 41.6 Å². The number of rotatable bonds is 5. The number of hydrogen-bond donors (Lipinski definition) is 1. The van der Waals surface area contributed by atoms with Crippen LogP contribution in [0.3, 0.4) is 0 Å². The van der Waals surface area contributed by atoms with Crippen molar-refractivity contribution in [2.24, 2.45) is 0 Å². The number of H-pyrrole nitrogens is 1. The minimum absolute atomic E-state index is 0.226. The van der Waals surface area contributed by atoms with E-state index in [-0.39, 0.29) is 5.56 Å². The van der Waals surface area contributed by atoms with E-state index in [1.165, 1.54) is 31.0 Å². The molecule has 3 aromatic heterocycles. The molecular weight excluding hydrogens is 354 g/mol. The fourth-order valence-electron chi connectivity index (χ4n) is 3.43. The minimum atomic E-state index is -0.226. The van der Waals surface area contributed by atoms with Crippen LogP contribution in [-0.4, -0.2) is 24.5 Å². The van der Waals surface area contributed by atoms with Crippen molar-refractivity contribution >= 4 is 34.3 Å². The summed E-state index contributed by atoms with van der Waals surface area (Å²) in [5.41, 5.74) is 1.05. The predicted molar refractivity (Wildman–Crippen MR) is 101 cm³/mol. The molecule has 25 heavy (non-hydrogen) atoms. The van der Waals surface area contributed by atoms with Crippen molar-refractivity contribution in [1.29, 1.82) is 0 Å². The molecule has 0 amide bonds. The lowest BCUT2D eigenvalue weighted by atomic mass is 9.89. The summed E-state index contributed by atoms with van der Waals surface area (Å²) in [4.78, 5) is 29.3. The second kappa shape index (κ2) is 7.29. The van der Waals surface area contributed by atoms with Crippen molar-refractivity contribution in [1.82, 2.24) is 24.5 Å². The van der Waals surface area contributed by atoms with Crippen LogP contribution in [-0.2, 0) is 6.54 Å². The number of imidazole rings is 1. The number of nitrogens with one attached hydrogen (secondary N) is 1. The van der Waals surface area contributed by atoms with Gasteiger partial charge in [0.25, 0.3) is 5.56 Å². The van der Waals surface area contributed by atoms with Gasteiger partial charge in [-0.2, -0.15) is 4.98 Å². The summed E-state index contributed by atoms with van der Waals surface area (Å²) in [5, 5.41) is 2.61. The normalized spacial score (nSPS) is 15.9. The summed E-state index contributed by atoms with van der Waals surface area (Å²) in [6.45, 7) is 2.91. The first-order valence-corrected chi connectivity index (χ1v) is 10.5. The summed E-state index contributed by atoms with van der Waals surface area (Å²) >= 11 is 2.99. The van der Waals surface area contributed by atoms with E-state index in [9.17, 15) is 4.79 Å². The highest BCUT2D eigenvalue weighted by molar-refractivity contribution is 8.00. The van der Waals surface area contributed by atoms with Gasteiger partial charge in [0.15, 0.2) is 20.7 Å². The van der Waals surface area contributed by atoms with E-state index in [1.54, 1.807) is 17.5 Å². The topological polar surface area (TPSA) is 76.5 Å². The highest BCUT2D eigenvalue weighted by Crippen LogP contribution is 2.33. The van der Waals surface area contributed by atoms with Crippen LogP contribution in [0.1, 0.15) is 57.2 Å². The number of aromatic amines is 1. The predicted octanol–water partition coefficient (Wildman–Crippen LogP) is 4.19. The number of nitrogens with zero attached hydrogens (tertiary/aromatic N) is 4. The third kappa shape index (κ3) is 3.37. The van der Waals surface area contributed by atoms with Gasteiger partial charge in [0.05, 0.1) is 0 Å². The molecule has 4 rings (SSSR count). The van der Waals surface area contributed by atoms with E-state index >= 15 is 0 Å². The third-order valence-corrected chi connectivity index (χ3v) is 6.51. The molecule has 0 bridgehead atoms. The Morgan fingerprint density at radius 2 is 2.16 bits per heavy atom. The molecule has 3 aromatic rings. The third-order valence-electron chi connectivity index (χ3n) is 4.63. The van der Waals surface area contributed by atoms with Gasteiger partial charge in [-0.15, -0.1) is 11.3 Å². The van der Waals surface area contributed by atoms with E-state index in [4.69, 9.17) is 4.98 Å². The molecule has 8 heteroatoms. The van der Waals surface area contributed by atoms with Crippen molar-refractivity contribution in [2.75, 3.05) is 0 Å². The average molecular weight is 376 g/mol. The lowest BCUT2D eigenvalue weighted by molar-refractivity contribution is 0.431. The van der Waals surface area contributed by atoms with Crippen molar-refractivity contribution < 1.29 is 0 Å². The van der Waals surface area contributed by atoms with E-state index < -0.39 is 0 Å². The average Bonchev–Trinajstić information content (AvgIpc) is 3.29. The summed E-state index contributed by atoms with van der Waals surface area (Å²) in [6, 6.07) is 0.